The molecule has 0 N–H and O–H groups in total. The number of nitrogens with zero attached hydrogens (tertiary/aromatic N) is 2. The highest BCUT2D eigenvalue weighted by Gasteiger charge is 2.48. The number of benzene rings is 4. The van der Waals surface area contributed by atoms with Gasteiger partial charge in [-0.15, -0.1) is 0 Å². The van der Waals surface area contributed by atoms with Gasteiger partial charge >= 0.3 is 11.9 Å². The Balaban J connectivity index is 0.000000156. The summed E-state index contributed by atoms with van der Waals surface area (Å²) in [5, 5.41) is 0.512. The lowest BCUT2D eigenvalue weighted by Gasteiger charge is -2.38. The molecule has 6 heterocycles. The minimum atomic E-state index is -0.586. The predicted octanol–water partition coefficient (Wildman–Crippen LogP) is 6.42. The van der Waals surface area contributed by atoms with Crippen molar-refractivity contribution >= 4 is 23.5 Å². The first-order valence-electron chi connectivity index (χ1n) is 19.6. The number of carbonyl (C=O) groups is 2. The molecule has 0 radical (unpaired) electrons. The minimum Gasteiger partial charge on any atom is -0.493 e. The molecule has 0 saturated heterocycles. The number of likely N-dealkylation sites (N-methyl/N-ethyl adjacent to an activating group) is 2. The Hall–Kier alpha value is -5.97. The normalized spacial score (nSPS) is 21.5. The third-order valence-corrected chi connectivity index (χ3v) is 12.6. The molecule has 4 aromatic rings. The van der Waals surface area contributed by atoms with Crippen LogP contribution in [-0.4, -0.2) is 105 Å². The van der Waals surface area contributed by atoms with E-state index >= 15 is 0 Å². The molecule has 0 saturated carbocycles. The van der Waals surface area contributed by atoms with E-state index in [1.165, 1.54) is 21.3 Å². The average Bonchev–Trinajstić information content (AvgIpc) is 4.09. The fourth-order valence-corrected chi connectivity index (χ4v) is 9.83. The van der Waals surface area contributed by atoms with Gasteiger partial charge in [-0.2, -0.15) is 0 Å². The Morgan fingerprint density at radius 2 is 1.08 bits per heavy atom. The fourth-order valence-electron chi connectivity index (χ4n) is 9.49. The van der Waals surface area contributed by atoms with E-state index in [2.05, 4.69) is 9.80 Å². The maximum Gasteiger partial charge on any atom is 0.343 e. The predicted molar refractivity (Wildman–Crippen MR) is 217 cm³/mol. The van der Waals surface area contributed by atoms with Crippen LogP contribution in [0.25, 0.3) is 0 Å². The number of hydrogen-bond acceptors (Lipinski definition) is 16. The van der Waals surface area contributed by atoms with Gasteiger partial charge in [-0.25, -0.2) is 9.59 Å². The summed E-state index contributed by atoms with van der Waals surface area (Å²) in [5.41, 5.74) is 6.08. The van der Waals surface area contributed by atoms with Crippen LogP contribution in [0.3, 0.4) is 0 Å². The molecule has 16 nitrogen and oxygen atoms in total. The Labute approximate surface area is 356 Å². The topological polar surface area (TPSA) is 151 Å². The van der Waals surface area contributed by atoms with Crippen molar-refractivity contribution < 1.29 is 66.4 Å². The van der Waals surface area contributed by atoms with Crippen LogP contribution in [0.15, 0.2) is 30.3 Å². The van der Waals surface area contributed by atoms with Crippen LogP contribution in [-0.2, 0) is 22.3 Å². The van der Waals surface area contributed by atoms with Crippen LogP contribution >= 0.6 is 11.6 Å². The molecule has 0 aliphatic carbocycles. The molecule has 0 fully saturated rings. The second-order valence-electron chi connectivity index (χ2n) is 15.1. The zero-order valence-corrected chi connectivity index (χ0v) is 35.7. The lowest BCUT2D eigenvalue weighted by atomic mass is 9.85. The first-order chi connectivity index (χ1) is 29.6. The van der Waals surface area contributed by atoms with Crippen molar-refractivity contribution in [2.45, 2.75) is 37.1 Å². The summed E-state index contributed by atoms with van der Waals surface area (Å²) in [6, 6.07) is 8.71. The van der Waals surface area contributed by atoms with Crippen molar-refractivity contribution in [1.82, 2.24) is 9.80 Å². The molecule has 322 valence electrons. The van der Waals surface area contributed by atoms with E-state index in [1.807, 2.05) is 32.3 Å². The molecule has 61 heavy (non-hydrogen) atoms. The first kappa shape index (κ1) is 40.4. The molecule has 0 spiro atoms. The van der Waals surface area contributed by atoms with Crippen molar-refractivity contribution in [1.29, 1.82) is 0 Å². The molecule has 4 aromatic carbocycles. The van der Waals surface area contributed by atoms with Gasteiger partial charge in [-0.3, -0.25) is 9.80 Å². The summed E-state index contributed by atoms with van der Waals surface area (Å²) in [6.45, 7) is 1.76. The Kier molecular flexibility index (Phi) is 10.5. The molecule has 10 rings (SSSR count). The molecule has 0 aromatic heterocycles. The van der Waals surface area contributed by atoms with Crippen LogP contribution in [0.5, 0.6) is 57.5 Å². The molecule has 0 bridgehead atoms. The summed E-state index contributed by atoms with van der Waals surface area (Å²) in [4.78, 5) is 30.1. The summed E-state index contributed by atoms with van der Waals surface area (Å²) < 4.78 is 67.6. The zero-order chi connectivity index (χ0) is 42.9. The molecular weight excluding hydrogens is 816 g/mol. The van der Waals surface area contributed by atoms with Crippen molar-refractivity contribution in [3.63, 3.8) is 0 Å². The van der Waals surface area contributed by atoms with E-state index < -0.39 is 24.1 Å². The summed E-state index contributed by atoms with van der Waals surface area (Å²) >= 11 is 6.71. The third-order valence-electron chi connectivity index (χ3n) is 12.2. The third kappa shape index (κ3) is 6.16. The summed E-state index contributed by atoms with van der Waals surface area (Å²) in [5.74, 6) is 4.26. The standard InChI is InChI=1S/C22H22ClNO7.C22H23NO7/c1-24-8-7-10-13(19(28-4)21-20(15(10)23)29-9-30-21)16(24)17-11-5-6-12(26-2)18(27-3)14(11)22(25)31-17;1-23-8-7-11-9-14-20(29-10-28-14)21(27-4)15(11)17(23)18-12-5-6-13(25-2)19(26-3)16(12)22(24)30-18/h5-6,16-17H,7-9H2,1-4H3;5-6,9,17-18H,7-8,10H2,1-4H3/t16-,17+;17-,18+/m11/s1. The number of carbonyl (C=O) groups excluding carboxylic acids is 2. The highest BCUT2D eigenvalue weighted by Crippen LogP contribution is 2.59. The number of methoxy groups -OCH3 is 6. The number of esters is 2. The van der Waals surface area contributed by atoms with Crippen molar-refractivity contribution in [2.75, 3.05) is 83.4 Å². The van der Waals surface area contributed by atoms with E-state index in [9.17, 15) is 9.59 Å². The van der Waals surface area contributed by atoms with Crippen LogP contribution in [0.2, 0.25) is 5.02 Å². The van der Waals surface area contributed by atoms with Crippen molar-refractivity contribution in [2.24, 2.45) is 0 Å². The molecule has 0 unspecified atom stereocenters. The quantitative estimate of drug-likeness (QED) is 0.179. The molecular formula is C44H45ClN2O14. The van der Waals surface area contributed by atoms with E-state index in [0.29, 0.717) is 80.1 Å². The highest BCUT2D eigenvalue weighted by molar-refractivity contribution is 6.33. The summed E-state index contributed by atoms with van der Waals surface area (Å²) in [6.07, 6.45) is 0.421. The second kappa shape index (κ2) is 15.8. The number of cyclic esters (lactones) is 2. The van der Waals surface area contributed by atoms with Crippen LogP contribution in [0.4, 0.5) is 0 Å². The molecule has 4 atom stereocenters. The highest BCUT2D eigenvalue weighted by atomic mass is 35.5. The zero-order valence-electron chi connectivity index (χ0n) is 34.9. The van der Waals surface area contributed by atoms with Gasteiger partial charge in [0.2, 0.25) is 25.1 Å². The smallest absolute Gasteiger partial charge is 0.343 e. The number of fused-ring (bicyclic) bond motifs is 6. The SMILES string of the molecule is COc1ccc2c(c1OC)C(=O)O[C@@H]2[C@H]1c2c(c(Cl)c3c(c2OC)OCO3)CCN1C.COc1ccc2c(c1OC)C(=O)O[C@@H]2[C@H]1c2c(cc3c(c2OC)OCO3)CCN1C. The lowest BCUT2D eigenvalue weighted by molar-refractivity contribution is 0.00806. The largest absolute Gasteiger partial charge is 0.493 e. The Bertz CT molecular complexity index is 2460. The Morgan fingerprint density at radius 3 is 1.64 bits per heavy atom. The monoisotopic (exact) mass is 860 g/mol. The van der Waals surface area contributed by atoms with Gasteiger partial charge in [0.15, 0.2) is 46.0 Å². The van der Waals surface area contributed by atoms with Gasteiger partial charge in [0.1, 0.15) is 23.3 Å². The first-order valence-corrected chi connectivity index (χ1v) is 20.0. The summed E-state index contributed by atoms with van der Waals surface area (Å²) in [7, 11) is 13.3. The van der Waals surface area contributed by atoms with E-state index in [4.69, 9.17) is 68.4 Å². The lowest BCUT2D eigenvalue weighted by Crippen LogP contribution is -2.36. The van der Waals surface area contributed by atoms with Crippen LogP contribution in [0, 0.1) is 0 Å². The van der Waals surface area contributed by atoms with Gasteiger partial charge in [0.05, 0.1) is 59.8 Å². The second-order valence-corrected chi connectivity index (χ2v) is 15.4. The van der Waals surface area contributed by atoms with Gasteiger partial charge in [-0.05, 0) is 56.3 Å². The van der Waals surface area contributed by atoms with Crippen molar-refractivity contribution in [3.05, 3.63) is 79.9 Å². The number of halogens is 1. The number of rotatable bonds is 8. The van der Waals surface area contributed by atoms with Crippen LogP contribution in [0.1, 0.15) is 78.4 Å². The number of hydrogen-bond donors (Lipinski definition) is 0. The van der Waals surface area contributed by atoms with E-state index in [0.717, 1.165) is 52.9 Å². The van der Waals surface area contributed by atoms with Gasteiger partial charge in [0.25, 0.3) is 0 Å². The van der Waals surface area contributed by atoms with E-state index in [1.54, 1.807) is 33.5 Å². The Morgan fingerprint density at radius 1 is 0.590 bits per heavy atom. The van der Waals surface area contributed by atoms with Gasteiger partial charge < -0.3 is 56.8 Å². The maximum absolute atomic E-state index is 12.9. The van der Waals surface area contributed by atoms with Crippen molar-refractivity contribution in [3.8, 4) is 57.5 Å². The average molecular weight is 861 g/mol. The van der Waals surface area contributed by atoms with Crippen LogP contribution < -0.4 is 47.4 Å². The molecule has 17 heteroatoms. The maximum atomic E-state index is 12.9. The molecule has 6 aliphatic rings. The molecule has 6 aliphatic heterocycles. The molecule has 0 amide bonds. The number of ether oxygens (including phenoxy) is 12. The fraction of sp³-hybridized carbons (Fsp3) is 0.409. The van der Waals surface area contributed by atoms with Gasteiger partial charge in [-0.1, -0.05) is 23.7 Å². The van der Waals surface area contributed by atoms with Gasteiger partial charge in [0, 0.05) is 35.3 Å². The minimum absolute atomic E-state index is 0.0764. The van der Waals surface area contributed by atoms with E-state index in [-0.39, 0.29) is 25.7 Å².